The second-order valence-electron chi connectivity index (χ2n) is 8.88. The number of rotatable bonds is 9. The topological polar surface area (TPSA) is 152 Å². The smallest absolute Gasteiger partial charge is 0.263 e. The van der Waals surface area contributed by atoms with E-state index in [1.807, 2.05) is 0 Å². The average molecular weight is 590 g/mol. The molecule has 0 fully saturated rings. The van der Waals surface area contributed by atoms with E-state index >= 15 is 0 Å². The number of anilines is 4. The van der Waals surface area contributed by atoms with E-state index in [1.54, 1.807) is 42.5 Å². The Labute approximate surface area is 240 Å². The first kappa shape index (κ1) is 28.1. The summed E-state index contributed by atoms with van der Waals surface area (Å²) in [5.41, 5.74) is 1.25. The summed E-state index contributed by atoms with van der Waals surface area (Å²) in [6.45, 7) is 0. The molecular weight excluding hydrogens is 565 g/mol. The van der Waals surface area contributed by atoms with Crippen LogP contribution >= 0.6 is 0 Å². The SMILES string of the molecule is COc1cc(Nc2nc3ccccc3nc2NS(=O)(=O)c2cccc(NC(=O)c3cc(F)ccc3O)c2)cc(OC)c1. The molecule has 13 heteroatoms. The lowest BCUT2D eigenvalue weighted by Gasteiger charge is -2.15. The molecule has 0 saturated heterocycles. The molecule has 0 aliphatic rings. The second kappa shape index (κ2) is 11.6. The molecule has 214 valence electrons. The van der Waals surface area contributed by atoms with Gasteiger partial charge in [-0.25, -0.2) is 22.8 Å². The van der Waals surface area contributed by atoms with Crippen molar-refractivity contribution in [1.29, 1.82) is 0 Å². The second-order valence-corrected chi connectivity index (χ2v) is 10.6. The summed E-state index contributed by atoms with van der Waals surface area (Å²) in [5.74, 6) is -0.950. The molecule has 0 radical (unpaired) electrons. The van der Waals surface area contributed by atoms with Gasteiger partial charge >= 0.3 is 0 Å². The monoisotopic (exact) mass is 589 g/mol. The summed E-state index contributed by atoms with van der Waals surface area (Å²) < 4.78 is 53.7. The molecule has 1 aromatic heterocycles. The number of phenols is 1. The minimum Gasteiger partial charge on any atom is -0.507 e. The summed E-state index contributed by atoms with van der Waals surface area (Å²) in [6.07, 6.45) is 0. The number of carbonyl (C=O) groups is 1. The van der Waals surface area contributed by atoms with Gasteiger partial charge in [0.05, 0.1) is 35.7 Å². The van der Waals surface area contributed by atoms with E-state index in [9.17, 15) is 22.7 Å². The zero-order valence-electron chi connectivity index (χ0n) is 22.3. The Balaban J connectivity index is 1.47. The maximum Gasteiger partial charge on any atom is 0.263 e. The van der Waals surface area contributed by atoms with Crippen molar-refractivity contribution in [2.45, 2.75) is 4.90 Å². The highest BCUT2D eigenvalue weighted by Gasteiger charge is 2.21. The quantitative estimate of drug-likeness (QED) is 0.180. The number of methoxy groups -OCH3 is 2. The predicted molar refractivity (Wildman–Crippen MR) is 156 cm³/mol. The fraction of sp³-hybridized carbons (Fsp3) is 0.0690. The molecule has 0 aliphatic heterocycles. The fourth-order valence-corrected chi connectivity index (χ4v) is 5.05. The molecule has 1 amide bonds. The van der Waals surface area contributed by atoms with Crippen LogP contribution in [0, 0.1) is 5.82 Å². The van der Waals surface area contributed by atoms with Crippen LogP contribution in [-0.2, 0) is 10.0 Å². The van der Waals surface area contributed by atoms with Gasteiger partial charge in [-0.1, -0.05) is 18.2 Å². The van der Waals surface area contributed by atoms with Crippen molar-refractivity contribution in [2.75, 3.05) is 29.6 Å². The maximum absolute atomic E-state index is 13.6. The molecule has 1 heterocycles. The van der Waals surface area contributed by atoms with Crippen LogP contribution in [0.5, 0.6) is 17.2 Å². The third-order valence-corrected chi connectivity index (χ3v) is 7.36. The molecule has 5 aromatic rings. The minimum atomic E-state index is -4.26. The molecule has 0 bridgehead atoms. The standard InChI is InChI=1S/C29H24FN5O6S/c1-40-20-13-19(14-21(16-20)41-2)31-27-28(34-25-9-4-3-8-24(25)33-27)35-42(38,39)22-7-5-6-18(15-22)32-29(37)23-12-17(30)10-11-26(23)36/h3-16,36H,1-2H3,(H,31,33)(H,32,37)(H,34,35). The zero-order valence-corrected chi connectivity index (χ0v) is 23.1. The van der Waals surface area contributed by atoms with Crippen LogP contribution in [-0.4, -0.2) is 43.6 Å². The van der Waals surface area contributed by atoms with Crippen molar-refractivity contribution < 1.29 is 32.2 Å². The van der Waals surface area contributed by atoms with Gasteiger partial charge in [-0.2, -0.15) is 0 Å². The van der Waals surface area contributed by atoms with E-state index in [0.29, 0.717) is 28.2 Å². The van der Waals surface area contributed by atoms with Crippen LogP contribution in [0.3, 0.4) is 0 Å². The number of amides is 1. The number of hydrogen-bond acceptors (Lipinski definition) is 9. The number of nitrogens with one attached hydrogen (secondary N) is 3. The number of phenolic OH excluding ortho intramolecular Hbond substituents is 1. The van der Waals surface area contributed by atoms with Gasteiger partial charge in [0.15, 0.2) is 11.6 Å². The number of hydrogen-bond donors (Lipinski definition) is 4. The minimum absolute atomic E-state index is 0.0883. The van der Waals surface area contributed by atoms with Crippen LogP contribution in [0.1, 0.15) is 10.4 Å². The number of fused-ring (bicyclic) bond motifs is 1. The van der Waals surface area contributed by atoms with Crippen molar-refractivity contribution in [3.63, 3.8) is 0 Å². The molecule has 4 N–H and O–H groups in total. The largest absolute Gasteiger partial charge is 0.507 e. The first-order valence-corrected chi connectivity index (χ1v) is 13.8. The van der Waals surface area contributed by atoms with E-state index in [1.165, 1.54) is 38.5 Å². The third kappa shape index (κ3) is 6.15. The highest BCUT2D eigenvalue weighted by molar-refractivity contribution is 7.92. The summed E-state index contributed by atoms with van der Waals surface area (Å²) in [6, 6.07) is 20.3. The Morgan fingerprint density at radius 3 is 2.14 bits per heavy atom. The molecule has 0 unspecified atom stereocenters. The Morgan fingerprint density at radius 2 is 1.48 bits per heavy atom. The highest BCUT2D eigenvalue weighted by Crippen LogP contribution is 2.32. The van der Waals surface area contributed by atoms with Gasteiger partial charge in [0, 0.05) is 29.6 Å². The number of benzene rings is 4. The van der Waals surface area contributed by atoms with E-state index in [4.69, 9.17) is 9.47 Å². The van der Waals surface area contributed by atoms with E-state index in [2.05, 4.69) is 25.3 Å². The van der Waals surface area contributed by atoms with Gasteiger partial charge in [-0.05, 0) is 48.5 Å². The summed E-state index contributed by atoms with van der Waals surface area (Å²) >= 11 is 0. The Kier molecular flexibility index (Phi) is 7.76. The van der Waals surface area contributed by atoms with Crippen LogP contribution < -0.4 is 24.8 Å². The first-order chi connectivity index (χ1) is 20.1. The van der Waals surface area contributed by atoms with E-state index < -0.39 is 27.5 Å². The van der Waals surface area contributed by atoms with Gasteiger partial charge in [-0.3, -0.25) is 9.52 Å². The van der Waals surface area contributed by atoms with Gasteiger partial charge in [0.2, 0.25) is 0 Å². The zero-order chi connectivity index (χ0) is 29.9. The number of aromatic hydroxyl groups is 1. The molecule has 4 aromatic carbocycles. The summed E-state index contributed by atoms with van der Waals surface area (Å²) in [7, 11) is -1.25. The fourth-order valence-electron chi connectivity index (χ4n) is 3.99. The number of nitrogens with zero attached hydrogens (tertiary/aromatic N) is 2. The van der Waals surface area contributed by atoms with Crippen molar-refractivity contribution in [2.24, 2.45) is 0 Å². The van der Waals surface area contributed by atoms with Gasteiger partial charge in [0.25, 0.3) is 15.9 Å². The maximum atomic E-state index is 13.6. The Morgan fingerprint density at radius 1 is 0.810 bits per heavy atom. The molecule has 0 saturated carbocycles. The molecule has 42 heavy (non-hydrogen) atoms. The lowest BCUT2D eigenvalue weighted by Crippen LogP contribution is -2.17. The summed E-state index contributed by atoms with van der Waals surface area (Å²) in [4.78, 5) is 21.5. The van der Waals surface area contributed by atoms with Gasteiger partial charge in [0.1, 0.15) is 23.1 Å². The molecule has 11 nitrogen and oxygen atoms in total. The first-order valence-electron chi connectivity index (χ1n) is 12.3. The van der Waals surface area contributed by atoms with Gasteiger partial charge in [-0.15, -0.1) is 0 Å². The van der Waals surface area contributed by atoms with Crippen molar-refractivity contribution in [3.05, 3.63) is 96.3 Å². The lowest BCUT2D eigenvalue weighted by atomic mass is 10.1. The molecule has 0 aliphatic carbocycles. The van der Waals surface area contributed by atoms with E-state index in [-0.39, 0.29) is 27.8 Å². The van der Waals surface area contributed by atoms with Crippen LogP contribution in [0.2, 0.25) is 0 Å². The number of aromatic nitrogens is 2. The molecule has 0 spiro atoms. The number of para-hydroxylation sites is 2. The summed E-state index contributed by atoms with van der Waals surface area (Å²) in [5, 5.41) is 15.5. The van der Waals surface area contributed by atoms with Crippen molar-refractivity contribution in [1.82, 2.24) is 9.97 Å². The van der Waals surface area contributed by atoms with Crippen LogP contribution in [0.4, 0.5) is 27.4 Å². The number of carbonyl (C=O) groups excluding carboxylic acids is 1. The van der Waals surface area contributed by atoms with Crippen LogP contribution in [0.15, 0.2) is 89.8 Å². The molecule has 0 atom stereocenters. The van der Waals surface area contributed by atoms with Crippen molar-refractivity contribution in [3.8, 4) is 17.2 Å². The van der Waals surface area contributed by atoms with E-state index in [0.717, 1.165) is 18.2 Å². The number of halogens is 1. The van der Waals surface area contributed by atoms with Crippen molar-refractivity contribution >= 4 is 50.0 Å². The Bertz CT molecular complexity index is 1900. The normalized spacial score (nSPS) is 11.1. The average Bonchev–Trinajstić information content (AvgIpc) is 2.98. The van der Waals surface area contributed by atoms with Crippen LogP contribution in [0.25, 0.3) is 11.0 Å². The number of sulfonamides is 1. The predicted octanol–water partition coefficient (Wildman–Crippen LogP) is 5.29. The Hall–Kier alpha value is -5.43. The molecular formula is C29H24FN5O6S. The number of ether oxygens (including phenoxy) is 2. The third-order valence-electron chi connectivity index (χ3n) is 6.02. The van der Waals surface area contributed by atoms with Gasteiger partial charge < -0.3 is 25.2 Å². The highest BCUT2D eigenvalue weighted by atomic mass is 32.2. The lowest BCUT2D eigenvalue weighted by molar-refractivity contribution is 0.102. The molecule has 5 rings (SSSR count).